The molecule has 0 aliphatic heterocycles. The molecule has 0 aromatic rings. The standard InChI is InChI=1S/C81H165N9O5/c1-6-11-16-21-26-31-36-41-46-51-61-83-77(91)56-68-88(69-57-78(92)84-62-52-47-42-37-32-27-22-17-12-7-2)73-66-82-67-74-90(72-60-81(95)87-65-55-50-45-40-35-30-25-20-15-10-5)76-75-89(70-58-79(93)85-63-53-48-43-38-33-28-23-18-13-8-3)71-59-80(94)86-64-54-49-44-39-34-29-24-19-14-9-4/h77,82-83,91H,6-76H2,1-5H3,(H,84,92)(H,85,93)(H,86,94)(H,87,95). The van der Waals surface area contributed by atoms with E-state index >= 15 is 0 Å². The summed E-state index contributed by atoms with van der Waals surface area (Å²) in [5.41, 5.74) is 0. The second-order valence-corrected chi connectivity index (χ2v) is 28.8. The average Bonchev–Trinajstić information content (AvgIpc) is 3.51. The Morgan fingerprint density at radius 2 is 0.442 bits per heavy atom. The Kier molecular flexibility index (Phi) is 75.5. The van der Waals surface area contributed by atoms with Crippen LogP contribution in [0.5, 0.6) is 0 Å². The second-order valence-electron chi connectivity index (χ2n) is 28.8. The third-order valence-electron chi connectivity index (χ3n) is 19.6. The average molecular weight is 1350 g/mol. The fourth-order valence-corrected chi connectivity index (χ4v) is 12.9. The number of carbonyl (C=O) groups is 4. The Bertz CT molecular complexity index is 1550. The highest BCUT2D eigenvalue weighted by molar-refractivity contribution is 5.77. The number of nitrogens with zero attached hydrogens (tertiary/aromatic N) is 3. The summed E-state index contributed by atoms with van der Waals surface area (Å²) in [4.78, 5) is 60.2. The van der Waals surface area contributed by atoms with Gasteiger partial charge in [0.25, 0.3) is 0 Å². The number of rotatable bonds is 80. The summed E-state index contributed by atoms with van der Waals surface area (Å²) in [6.45, 7) is 22.6. The Hall–Kier alpha value is -2.36. The smallest absolute Gasteiger partial charge is 0.221 e. The molecule has 0 fully saturated rings. The van der Waals surface area contributed by atoms with E-state index in [2.05, 4.69) is 81.2 Å². The highest BCUT2D eigenvalue weighted by atomic mass is 16.3. The van der Waals surface area contributed by atoms with Gasteiger partial charge in [-0.1, -0.05) is 324 Å². The minimum absolute atomic E-state index is 0.0746. The zero-order valence-electron chi connectivity index (χ0n) is 64.2. The third kappa shape index (κ3) is 72.7. The molecule has 0 aliphatic carbocycles. The van der Waals surface area contributed by atoms with Crippen LogP contribution in [0.25, 0.3) is 0 Å². The van der Waals surface area contributed by atoms with Crippen molar-refractivity contribution < 1.29 is 24.3 Å². The second kappa shape index (κ2) is 77.4. The molecule has 1 unspecified atom stereocenters. The van der Waals surface area contributed by atoms with Crippen LogP contribution >= 0.6 is 0 Å². The molecule has 4 amide bonds. The number of carbonyl (C=O) groups excluding carboxylic acids is 4. The van der Waals surface area contributed by atoms with E-state index in [9.17, 15) is 24.3 Å². The minimum Gasteiger partial charge on any atom is -0.379 e. The molecule has 95 heavy (non-hydrogen) atoms. The summed E-state index contributed by atoms with van der Waals surface area (Å²) >= 11 is 0. The first-order chi connectivity index (χ1) is 46.7. The van der Waals surface area contributed by atoms with Crippen LogP contribution in [0.3, 0.4) is 0 Å². The molecule has 0 spiro atoms. The molecule has 0 aliphatic rings. The lowest BCUT2D eigenvalue weighted by molar-refractivity contribution is -0.122. The fraction of sp³-hybridized carbons (Fsp3) is 0.951. The molecule has 0 radical (unpaired) electrons. The van der Waals surface area contributed by atoms with Gasteiger partial charge in [-0.15, -0.1) is 0 Å². The van der Waals surface area contributed by atoms with E-state index in [1.165, 1.54) is 263 Å². The molecule has 564 valence electrons. The van der Waals surface area contributed by atoms with Crippen molar-refractivity contribution in [3.63, 3.8) is 0 Å². The summed E-state index contributed by atoms with van der Waals surface area (Å²) in [5.74, 6) is 0.346. The molecule has 0 heterocycles. The third-order valence-corrected chi connectivity index (χ3v) is 19.6. The topological polar surface area (TPSA) is 170 Å². The van der Waals surface area contributed by atoms with Crippen molar-refractivity contribution >= 4 is 23.6 Å². The van der Waals surface area contributed by atoms with Crippen molar-refractivity contribution in [3.05, 3.63) is 0 Å². The molecular weight excluding hydrogens is 1180 g/mol. The van der Waals surface area contributed by atoms with E-state index in [1.54, 1.807) is 0 Å². The quantitative estimate of drug-likeness (QED) is 0.0230. The van der Waals surface area contributed by atoms with Gasteiger partial charge < -0.3 is 46.4 Å². The molecule has 0 saturated heterocycles. The van der Waals surface area contributed by atoms with Crippen LogP contribution in [0.4, 0.5) is 0 Å². The first-order valence-electron chi connectivity index (χ1n) is 42.0. The van der Waals surface area contributed by atoms with Crippen LogP contribution in [0.2, 0.25) is 0 Å². The summed E-state index contributed by atoms with van der Waals surface area (Å²) in [6.07, 6.45) is 65.3. The van der Waals surface area contributed by atoms with Gasteiger partial charge >= 0.3 is 0 Å². The maximum Gasteiger partial charge on any atom is 0.221 e. The molecule has 0 aromatic carbocycles. The molecule has 0 bridgehead atoms. The summed E-state index contributed by atoms with van der Waals surface area (Å²) in [5, 5.41) is 31.0. The van der Waals surface area contributed by atoms with Crippen LogP contribution in [-0.4, -0.2) is 154 Å². The van der Waals surface area contributed by atoms with Crippen molar-refractivity contribution in [2.75, 3.05) is 105 Å². The van der Waals surface area contributed by atoms with Gasteiger partial charge in [-0.3, -0.25) is 24.5 Å². The largest absolute Gasteiger partial charge is 0.379 e. The fourth-order valence-electron chi connectivity index (χ4n) is 12.9. The van der Waals surface area contributed by atoms with Gasteiger partial charge in [0.05, 0.1) is 0 Å². The molecule has 14 nitrogen and oxygen atoms in total. The number of hydrogen-bond acceptors (Lipinski definition) is 10. The van der Waals surface area contributed by atoms with E-state index in [4.69, 9.17) is 0 Å². The lowest BCUT2D eigenvalue weighted by Crippen LogP contribution is -2.43. The first-order valence-corrected chi connectivity index (χ1v) is 42.0. The zero-order valence-corrected chi connectivity index (χ0v) is 64.2. The normalized spacial score (nSPS) is 12.0. The maximum atomic E-state index is 13.4. The van der Waals surface area contributed by atoms with Gasteiger partial charge in [-0.05, 0) is 45.1 Å². The number of hydrogen-bond donors (Lipinski definition) is 7. The highest BCUT2D eigenvalue weighted by Gasteiger charge is 2.17. The van der Waals surface area contributed by atoms with Gasteiger partial charge in [0.2, 0.25) is 23.6 Å². The van der Waals surface area contributed by atoms with Gasteiger partial charge in [0, 0.05) is 124 Å². The summed E-state index contributed by atoms with van der Waals surface area (Å²) in [6, 6.07) is 0. The van der Waals surface area contributed by atoms with Crippen LogP contribution in [-0.2, 0) is 19.2 Å². The zero-order chi connectivity index (χ0) is 69.1. The number of unbranched alkanes of at least 4 members (excludes halogenated alkanes) is 45. The Morgan fingerprint density at radius 1 is 0.242 bits per heavy atom. The number of nitrogens with one attached hydrogen (secondary N) is 6. The van der Waals surface area contributed by atoms with E-state index in [-0.39, 0.29) is 23.6 Å². The number of amides is 4. The maximum absolute atomic E-state index is 13.4. The molecule has 14 heteroatoms. The predicted molar refractivity (Wildman–Crippen MR) is 411 cm³/mol. The molecule has 7 N–H and O–H groups in total. The summed E-state index contributed by atoms with van der Waals surface area (Å²) in [7, 11) is 0. The first kappa shape index (κ1) is 92.6. The predicted octanol–water partition coefficient (Wildman–Crippen LogP) is 18.4. The molecule has 0 rings (SSSR count). The van der Waals surface area contributed by atoms with E-state index < -0.39 is 6.23 Å². The lowest BCUT2D eigenvalue weighted by Gasteiger charge is -2.28. The Balaban J connectivity index is 5.83. The van der Waals surface area contributed by atoms with Gasteiger partial charge in [-0.2, -0.15) is 0 Å². The Labute approximate surface area is 590 Å². The van der Waals surface area contributed by atoms with Crippen molar-refractivity contribution in [1.82, 2.24) is 46.6 Å². The van der Waals surface area contributed by atoms with E-state index in [1.807, 2.05) is 0 Å². The highest BCUT2D eigenvalue weighted by Crippen LogP contribution is 2.16. The molecule has 0 aromatic heterocycles. The van der Waals surface area contributed by atoms with Crippen LogP contribution in [0, 0.1) is 0 Å². The molecule has 1 atom stereocenters. The molecular formula is C81H165N9O5. The molecule has 0 saturated carbocycles. The van der Waals surface area contributed by atoms with Crippen LogP contribution in [0.1, 0.15) is 388 Å². The van der Waals surface area contributed by atoms with Crippen molar-refractivity contribution in [2.45, 2.75) is 394 Å². The van der Waals surface area contributed by atoms with E-state index in [0.29, 0.717) is 84.5 Å². The SMILES string of the molecule is CCCCCCCCCCCCNC(=O)CCN(CCNCCN(CCC(=O)NCCCCCCCCCCCC)CCN(CCC(=O)NCCCCCCCCCCCC)CCC(=O)NCCCCCCCCCCCC)CCC(O)NCCCCCCCCCCCC. The summed E-state index contributed by atoms with van der Waals surface area (Å²) < 4.78 is 0. The van der Waals surface area contributed by atoms with Crippen molar-refractivity contribution in [1.29, 1.82) is 0 Å². The number of aliphatic hydroxyl groups excluding tert-OH is 1. The van der Waals surface area contributed by atoms with Crippen LogP contribution < -0.4 is 31.9 Å². The Morgan fingerprint density at radius 3 is 0.684 bits per heavy atom. The van der Waals surface area contributed by atoms with E-state index in [0.717, 1.165) is 110 Å². The monoisotopic (exact) mass is 1340 g/mol. The minimum atomic E-state index is -0.582. The lowest BCUT2D eigenvalue weighted by atomic mass is 10.1. The van der Waals surface area contributed by atoms with Gasteiger partial charge in [0.1, 0.15) is 6.23 Å². The van der Waals surface area contributed by atoms with Crippen molar-refractivity contribution in [2.24, 2.45) is 0 Å². The van der Waals surface area contributed by atoms with Crippen LogP contribution in [0.15, 0.2) is 0 Å². The van der Waals surface area contributed by atoms with Gasteiger partial charge in [0.15, 0.2) is 0 Å². The van der Waals surface area contributed by atoms with Gasteiger partial charge in [-0.25, -0.2) is 0 Å². The number of aliphatic hydroxyl groups is 1. The van der Waals surface area contributed by atoms with Crippen molar-refractivity contribution in [3.8, 4) is 0 Å².